The molecule has 1 saturated heterocycles. The van der Waals surface area contributed by atoms with E-state index in [2.05, 4.69) is 37.2 Å². The van der Waals surface area contributed by atoms with Gasteiger partial charge in [-0.05, 0) is 110 Å². The fourth-order valence-corrected chi connectivity index (χ4v) is 5.48. The number of hydrogen-bond acceptors (Lipinski definition) is 6. The van der Waals surface area contributed by atoms with Gasteiger partial charge in [-0.2, -0.15) is 0 Å². The molecule has 0 aliphatic carbocycles. The number of anilines is 1. The van der Waals surface area contributed by atoms with Gasteiger partial charge in [-0.3, -0.25) is 19.3 Å². The molecule has 1 heterocycles. The highest BCUT2D eigenvalue weighted by Gasteiger charge is 2.36. The molecule has 12 heteroatoms. The highest BCUT2D eigenvalue weighted by Crippen LogP contribution is 2.40. The Morgan fingerprint density at radius 1 is 1.03 bits per heavy atom. The number of benzene rings is 3. The van der Waals surface area contributed by atoms with Crippen LogP contribution in [0.5, 0.6) is 11.5 Å². The minimum atomic E-state index is -0.564. The summed E-state index contributed by atoms with van der Waals surface area (Å²) in [5, 5.41) is 3.16. The molecule has 3 aromatic rings. The van der Waals surface area contributed by atoms with Crippen LogP contribution in [0.3, 0.4) is 0 Å². The van der Waals surface area contributed by atoms with Gasteiger partial charge in [-0.1, -0.05) is 35.3 Å². The molecule has 3 amide bonds. The van der Waals surface area contributed by atoms with Crippen molar-refractivity contribution in [3.05, 3.63) is 89.6 Å². The Bertz CT molecular complexity index is 1470. The lowest BCUT2D eigenvalue weighted by Crippen LogP contribution is -2.36. The largest absolute Gasteiger partial charge is 0.490 e. The summed E-state index contributed by atoms with van der Waals surface area (Å²) in [6.07, 6.45) is 1.58. The lowest BCUT2D eigenvalue weighted by molar-refractivity contribution is -0.127. The van der Waals surface area contributed by atoms with Gasteiger partial charge in [-0.15, -0.1) is 0 Å². The lowest BCUT2D eigenvalue weighted by Gasteiger charge is -2.15. The number of ether oxygens (including phenoxy) is 2. The molecule has 1 aliphatic rings. The van der Waals surface area contributed by atoms with E-state index in [0.29, 0.717) is 55.0 Å². The van der Waals surface area contributed by atoms with E-state index in [-0.39, 0.29) is 4.91 Å². The quantitative estimate of drug-likeness (QED) is 0.225. The third-order valence-electron chi connectivity index (χ3n) is 5.30. The van der Waals surface area contributed by atoms with E-state index in [9.17, 15) is 14.4 Å². The normalized spacial score (nSPS) is 14.2. The van der Waals surface area contributed by atoms with E-state index in [0.717, 1.165) is 22.2 Å². The predicted octanol–water partition coefficient (Wildman–Crippen LogP) is 8.17. The lowest BCUT2D eigenvalue weighted by atomic mass is 10.1. The second kappa shape index (κ2) is 13.2. The van der Waals surface area contributed by atoms with Gasteiger partial charge in [0.05, 0.1) is 21.0 Å². The molecule has 7 nitrogen and oxygen atoms in total. The maximum absolute atomic E-state index is 13.0. The van der Waals surface area contributed by atoms with E-state index in [4.69, 9.17) is 32.7 Å². The van der Waals surface area contributed by atoms with E-state index < -0.39 is 23.6 Å². The third-order valence-corrected chi connectivity index (χ3v) is 8.29. The number of thioether (sulfide) groups is 1. The van der Waals surface area contributed by atoms with Gasteiger partial charge in [0.15, 0.2) is 11.5 Å². The summed E-state index contributed by atoms with van der Waals surface area (Å²) in [6, 6.07) is 15.7. The van der Waals surface area contributed by atoms with Crippen molar-refractivity contribution in [2.45, 2.75) is 13.5 Å². The van der Waals surface area contributed by atoms with Crippen molar-refractivity contribution in [3.8, 4) is 11.5 Å². The molecule has 0 spiro atoms. The first-order chi connectivity index (χ1) is 18.6. The molecule has 202 valence electrons. The van der Waals surface area contributed by atoms with Crippen LogP contribution in [0.4, 0.5) is 10.5 Å². The number of amides is 3. The number of nitrogens with one attached hydrogen (secondary N) is 1. The van der Waals surface area contributed by atoms with Gasteiger partial charge in [-0.25, -0.2) is 0 Å². The van der Waals surface area contributed by atoms with Gasteiger partial charge in [0.1, 0.15) is 13.2 Å². The minimum absolute atomic E-state index is 0.184. The molecule has 1 fully saturated rings. The molecule has 0 saturated carbocycles. The van der Waals surface area contributed by atoms with Gasteiger partial charge < -0.3 is 14.8 Å². The number of nitrogens with zero attached hydrogens (tertiary/aromatic N) is 1. The second-order valence-electron chi connectivity index (χ2n) is 8.12. The average Bonchev–Trinajstić information content (AvgIpc) is 3.14. The summed E-state index contributed by atoms with van der Waals surface area (Å²) < 4.78 is 13.1. The first kappa shape index (κ1) is 29.5. The summed E-state index contributed by atoms with van der Waals surface area (Å²) in [5.41, 5.74) is 1.99. The Kier molecular flexibility index (Phi) is 10.0. The van der Waals surface area contributed by atoms with Crippen LogP contribution in [-0.4, -0.2) is 35.1 Å². The summed E-state index contributed by atoms with van der Waals surface area (Å²) in [5.74, 6) is -0.118. The number of rotatable bonds is 9. The molecule has 0 atom stereocenters. The number of hydrogen-bond donors (Lipinski definition) is 1. The molecule has 0 radical (unpaired) electrons. The highest BCUT2D eigenvalue weighted by molar-refractivity contribution is 9.10. The van der Waals surface area contributed by atoms with Crippen LogP contribution in [0.25, 0.3) is 6.08 Å². The Morgan fingerprint density at radius 2 is 1.77 bits per heavy atom. The Labute approximate surface area is 256 Å². The summed E-state index contributed by atoms with van der Waals surface area (Å²) >= 11 is 19.6. The second-order valence-corrected chi connectivity index (χ2v) is 11.7. The van der Waals surface area contributed by atoms with Gasteiger partial charge in [0.2, 0.25) is 5.91 Å². The number of imide groups is 1. The molecule has 4 rings (SSSR count). The Hall–Kier alpha value is -2.50. The number of carbonyl (C=O) groups is 3. The summed E-state index contributed by atoms with van der Waals surface area (Å²) in [4.78, 5) is 39.1. The van der Waals surface area contributed by atoms with Crippen molar-refractivity contribution in [2.24, 2.45) is 0 Å². The highest BCUT2D eigenvalue weighted by atomic mass is 79.9. The van der Waals surface area contributed by atoms with Crippen LogP contribution in [0.1, 0.15) is 18.1 Å². The molecule has 0 unspecified atom stereocenters. The Balaban J connectivity index is 1.48. The smallest absolute Gasteiger partial charge is 0.294 e. The summed E-state index contributed by atoms with van der Waals surface area (Å²) in [6.45, 7) is 2.11. The third kappa shape index (κ3) is 7.58. The van der Waals surface area contributed by atoms with E-state index in [1.54, 1.807) is 48.5 Å². The fraction of sp³-hybridized carbons (Fsp3) is 0.148. The van der Waals surface area contributed by atoms with Crippen LogP contribution in [0.15, 0.2) is 68.4 Å². The van der Waals surface area contributed by atoms with Gasteiger partial charge in [0, 0.05) is 15.2 Å². The molecular weight excluding hydrogens is 695 g/mol. The van der Waals surface area contributed by atoms with Crippen molar-refractivity contribution < 1.29 is 23.9 Å². The Morgan fingerprint density at radius 3 is 2.46 bits per heavy atom. The first-order valence-electron chi connectivity index (χ1n) is 11.5. The van der Waals surface area contributed by atoms with Crippen LogP contribution in [-0.2, 0) is 16.2 Å². The zero-order valence-electron chi connectivity index (χ0n) is 20.3. The molecule has 1 aliphatic heterocycles. The predicted molar refractivity (Wildman–Crippen MR) is 162 cm³/mol. The maximum atomic E-state index is 13.0. The minimum Gasteiger partial charge on any atom is -0.490 e. The zero-order valence-corrected chi connectivity index (χ0v) is 25.8. The topological polar surface area (TPSA) is 84.9 Å². The van der Waals surface area contributed by atoms with Crippen LogP contribution < -0.4 is 14.8 Å². The monoisotopic (exact) mass is 712 g/mol. The SMILES string of the molecule is CCOc1cc(/C=C2/SC(=O)N(CC(=O)Nc3ccc(Br)c(Cl)c3)C2=O)cc(Br)c1OCc1ccc(Cl)cc1. The molecule has 3 aromatic carbocycles. The zero-order chi connectivity index (χ0) is 28.1. The van der Waals surface area contributed by atoms with Crippen LogP contribution in [0.2, 0.25) is 10.0 Å². The molecule has 0 aromatic heterocycles. The van der Waals surface area contributed by atoms with Crippen molar-refractivity contribution in [3.63, 3.8) is 0 Å². The summed E-state index contributed by atoms with van der Waals surface area (Å²) in [7, 11) is 0. The van der Waals surface area contributed by atoms with E-state index in [1.807, 2.05) is 19.1 Å². The molecular formula is C27H20Br2Cl2N2O5S. The van der Waals surface area contributed by atoms with Crippen molar-refractivity contribution in [1.82, 2.24) is 4.90 Å². The van der Waals surface area contributed by atoms with Crippen molar-refractivity contribution in [2.75, 3.05) is 18.5 Å². The molecule has 39 heavy (non-hydrogen) atoms. The molecule has 0 bridgehead atoms. The first-order valence-corrected chi connectivity index (χ1v) is 14.6. The van der Waals surface area contributed by atoms with Crippen LogP contribution in [0, 0.1) is 0 Å². The average molecular weight is 715 g/mol. The van der Waals surface area contributed by atoms with Gasteiger partial charge in [0.25, 0.3) is 11.1 Å². The van der Waals surface area contributed by atoms with Crippen molar-refractivity contribution in [1.29, 1.82) is 0 Å². The van der Waals surface area contributed by atoms with Crippen LogP contribution >= 0.6 is 66.8 Å². The maximum Gasteiger partial charge on any atom is 0.294 e. The number of halogens is 4. The van der Waals surface area contributed by atoms with E-state index in [1.165, 1.54) is 0 Å². The van der Waals surface area contributed by atoms with Crippen molar-refractivity contribution >= 4 is 95.6 Å². The standard InChI is InChI=1S/C27H20Br2Cl2N2O5S/c1-2-37-22-10-16(9-20(29)25(22)38-14-15-3-5-17(30)6-4-15)11-23-26(35)33(27(36)39-23)13-24(34)32-18-7-8-19(28)21(31)12-18/h3-12H,2,13-14H2,1H3,(H,32,34)/b23-11+. The molecule has 1 N–H and O–H groups in total. The fourth-order valence-electron chi connectivity index (χ4n) is 3.52. The number of carbonyl (C=O) groups excluding carboxylic acids is 3. The van der Waals surface area contributed by atoms with E-state index >= 15 is 0 Å². The van der Waals surface area contributed by atoms with Gasteiger partial charge >= 0.3 is 0 Å².